The summed E-state index contributed by atoms with van der Waals surface area (Å²) in [4.78, 5) is 7.09. The van der Waals surface area contributed by atoms with Crippen molar-refractivity contribution in [3.63, 3.8) is 0 Å². The zero-order valence-corrected chi connectivity index (χ0v) is 13.9. The van der Waals surface area contributed by atoms with Crippen LogP contribution < -0.4 is 14.2 Å². The van der Waals surface area contributed by atoms with Gasteiger partial charge in [-0.15, -0.1) is 0 Å². The molecule has 0 amide bonds. The quantitative estimate of drug-likeness (QED) is 0.749. The predicted molar refractivity (Wildman–Crippen MR) is 92.3 cm³/mol. The molecule has 1 aliphatic rings. The van der Waals surface area contributed by atoms with Gasteiger partial charge < -0.3 is 14.5 Å². The third kappa shape index (κ3) is 3.16. The van der Waals surface area contributed by atoms with Gasteiger partial charge in [-0.25, -0.2) is 13.4 Å². The first kappa shape index (κ1) is 15.5. The molecule has 0 atom stereocenters. The summed E-state index contributed by atoms with van der Waals surface area (Å²) >= 11 is 0. The zero-order valence-electron chi connectivity index (χ0n) is 13.1. The Bertz CT molecular complexity index is 983. The molecule has 0 unspecified atom stereocenters. The van der Waals surface area contributed by atoms with Gasteiger partial charge in [0.2, 0.25) is 0 Å². The van der Waals surface area contributed by atoms with E-state index in [1.54, 1.807) is 30.7 Å². The highest BCUT2D eigenvalue weighted by atomic mass is 32.2. The fourth-order valence-electron chi connectivity index (χ4n) is 2.54. The minimum atomic E-state index is -3.72. The molecule has 25 heavy (non-hydrogen) atoms. The Balaban J connectivity index is 1.57. The molecule has 0 aliphatic carbocycles. The van der Waals surface area contributed by atoms with Gasteiger partial charge in [-0.1, -0.05) is 12.1 Å². The van der Waals surface area contributed by atoms with Crippen LogP contribution in [0.3, 0.4) is 0 Å². The van der Waals surface area contributed by atoms with Crippen molar-refractivity contribution >= 4 is 15.7 Å². The van der Waals surface area contributed by atoms with E-state index in [9.17, 15) is 8.42 Å². The first-order valence-electron chi connectivity index (χ1n) is 7.63. The molecule has 1 aliphatic heterocycles. The van der Waals surface area contributed by atoms with Crippen LogP contribution in [-0.4, -0.2) is 31.6 Å². The second-order valence-corrected chi connectivity index (χ2v) is 7.14. The van der Waals surface area contributed by atoms with Gasteiger partial charge in [0, 0.05) is 11.8 Å². The number of benzene rings is 2. The molecule has 0 saturated heterocycles. The van der Waals surface area contributed by atoms with Crippen LogP contribution in [0.5, 0.6) is 11.5 Å². The molecular formula is C17H15N3O4S. The average Bonchev–Trinajstić information content (AvgIpc) is 3.16. The molecule has 0 radical (unpaired) electrons. The number of sulfonamides is 1. The van der Waals surface area contributed by atoms with Gasteiger partial charge in [-0.2, -0.15) is 0 Å². The smallest absolute Gasteiger partial charge is 0.262 e. The van der Waals surface area contributed by atoms with Crippen molar-refractivity contribution < 1.29 is 17.9 Å². The molecule has 8 heteroatoms. The Hall–Kier alpha value is -3.00. The second kappa shape index (κ2) is 6.14. The molecule has 1 aromatic heterocycles. The van der Waals surface area contributed by atoms with Gasteiger partial charge in [0.05, 0.1) is 23.1 Å². The second-order valence-electron chi connectivity index (χ2n) is 5.45. The summed E-state index contributed by atoms with van der Waals surface area (Å²) in [5, 5.41) is 0. The first-order chi connectivity index (χ1) is 12.1. The van der Waals surface area contributed by atoms with Gasteiger partial charge >= 0.3 is 0 Å². The summed E-state index contributed by atoms with van der Waals surface area (Å²) < 4.78 is 38.6. The van der Waals surface area contributed by atoms with Crippen molar-refractivity contribution in [1.82, 2.24) is 9.97 Å². The number of ether oxygens (including phenoxy) is 2. The molecule has 3 aromatic rings. The van der Waals surface area contributed by atoms with E-state index in [-0.39, 0.29) is 4.90 Å². The maximum atomic E-state index is 12.6. The van der Waals surface area contributed by atoms with E-state index in [1.807, 2.05) is 12.1 Å². The SMILES string of the molecule is O=S(=O)(Nc1ccc(-c2cnc[nH]2)cc1)c1ccc2c(c1)OCCO2. The molecule has 0 spiro atoms. The summed E-state index contributed by atoms with van der Waals surface area (Å²) in [5.41, 5.74) is 2.25. The Labute approximate surface area is 144 Å². The van der Waals surface area contributed by atoms with Crippen molar-refractivity contribution in [3.8, 4) is 22.8 Å². The monoisotopic (exact) mass is 357 g/mol. The minimum Gasteiger partial charge on any atom is -0.486 e. The maximum Gasteiger partial charge on any atom is 0.262 e. The molecule has 128 valence electrons. The van der Waals surface area contributed by atoms with Crippen molar-refractivity contribution in [1.29, 1.82) is 0 Å². The van der Waals surface area contributed by atoms with Crippen LogP contribution in [0, 0.1) is 0 Å². The molecule has 0 fully saturated rings. The molecular weight excluding hydrogens is 342 g/mol. The van der Waals surface area contributed by atoms with Crippen molar-refractivity contribution in [2.75, 3.05) is 17.9 Å². The number of aromatic amines is 1. The lowest BCUT2D eigenvalue weighted by atomic mass is 10.1. The normalized spacial score (nSPS) is 13.4. The lowest BCUT2D eigenvalue weighted by molar-refractivity contribution is 0.171. The fourth-order valence-corrected chi connectivity index (χ4v) is 3.61. The molecule has 4 rings (SSSR count). The topological polar surface area (TPSA) is 93.3 Å². The first-order valence-corrected chi connectivity index (χ1v) is 9.11. The van der Waals surface area contributed by atoms with Crippen molar-refractivity contribution in [2.45, 2.75) is 4.90 Å². The number of rotatable bonds is 4. The number of nitrogens with one attached hydrogen (secondary N) is 2. The van der Waals surface area contributed by atoms with E-state index in [0.717, 1.165) is 11.3 Å². The summed E-state index contributed by atoms with van der Waals surface area (Å²) in [5.74, 6) is 0.984. The Morgan fingerprint density at radius 2 is 1.76 bits per heavy atom. The third-order valence-electron chi connectivity index (χ3n) is 3.77. The Morgan fingerprint density at radius 1 is 1.00 bits per heavy atom. The number of hydrogen-bond acceptors (Lipinski definition) is 5. The van der Waals surface area contributed by atoms with Crippen LogP contribution in [0.1, 0.15) is 0 Å². The van der Waals surface area contributed by atoms with Crippen LogP contribution in [-0.2, 0) is 10.0 Å². The number of fused-ring (bicyclic) bond motifs is 1. The van der Waals surface area contributed by atoms with Crippen LogP contribution in [0.2, 0.25) is 0 Å². The van der Waals surface area contributed by atoms with Crippen LogP contribution in [0.25, 0.3) is 11.3 Å². The Kier molecular flexibility index (Phi) is 3.81. The molecule has 7 nitrogen and oxygen atoms in total. The molecule has 0 bridgehead atoms. The molecule has 2 aromatic carbocycles. The van der Waals surface area contributed by atoms with E-state index in [1.165, 1.54) is 12.1 Å². The van der Waals surface area contributed by atoms with Gasteiger partial charge in [0.1, 0.15) is 13.2 Å². The van der Waals surface area contributed by atoms with Gasteiger partial charge in [-0.05, 0) is 29.8 Å². The zero-order chi connectivity index (χ0) is 17.3. The van der Waals surface area contributed by atoms with E-state index in [4.69, 9.17) is 9.47 Å². The highest BCUT2D eigenvalue weighted by molar-refractivity contribution is 7.92. The largest absolute Gasteiger partial charge is 0.486 e. The number of anilines is 1. The van der Waals surface area contributed by atoms with E-state index >= 15 is 0 Å². The Morgan fingerprint density at radius 3 is 2.48 bits per heavy atom. The lowest BCUT2D eigenvalue weighted by Crippen LogP contribution is -2.17. The summed E-state index contributed by atoms with van der Waals surface area (Å²) in [6.45, 7) is 0.860. The fraction of sp³-hybridized carbons (Fsp3) is 0.118. The van der Waals surface area contributed by atoms with Gasteiger partial charge in [0.25, 0.3) is 10.0 Å². The summed E-state index contributed by atoms with van der Waals surface area (Å²) in [6.07, 6.45) is 3.29. The number of H-pyrrole nitrogens is 1. The van der Waals surface area contributed by atoms with Crippen molar-refractivity contribution in [3.05, 3.63) is 55.0 Å². The van der Waals surface area contributed by atoms with Gasteiger partial charge in [-0.3, -0.25) is 4.72 Å². The number of nitrogens with zero attached hydrogens (tertiary/aromatic N) is 1. The predicted octanol–water partition coefficient (Wildman–Crippen LogP) is 2.65. The third-order valence-corrected chi connectivity index (χ3v) is 5.15. The minimum absolute atomic E-state index is 0.120. The maximum absolute atomic E-state index is 12.6. The van der Waals surface area contributed by atoms with E-state index in [2.05, 4.69) is 14.7 Å². The van der Waals surface area contributed by atoms with Crippen LogP contribution in [0.15, 0.2) is 59.9 Å². The highest BCUT2D eigenvalue weighted by Crippen LogP contribution is 2.32. The lowest BCUT2D eigenvalue weighted by Gasteiger charge is -2.19. The van der Waals surface area contributed by atoms with E-state index in [0.29, 0.717) is 30.4 Å². The summed E-state index contributed by atoms with van der Waals surface area (Å²) in [6, 6.07) is 11.6. The number of aromatic nitrogens is 2. The highest BCUT2D eigenvalue weighted by Gasteiger charge is 2.19. The molecule has 0 saturated carbocycles. The van der Waals surface area contributed by atoms with Crippen LogP contribution >= 0.6 is 0 Å². The number of hydrogen-bond donors (Lipinski definition) is 2. The van der Waals surface area contributed by atoms with E-state index < -0.39 is 10.0 Å². The standard InChI is InChI=1S/C17H15N3O4S/c21-25(22,14-5-6-16-17(9-14)24-8-7-23-16)20-13-3-1-12(2-4-13)15-10-18-11-19-15/h1-6,9-11,20H,7-8H2,(H,18,19). The molecule has 2 N–H and O–H groups in total. The van der Waals surface area contributed by atoms with Crippen LogP contribution in [0.4, 0.5) is 5.69 Å². The summed E-state index contributed by atoms with van der Waals surface area (Å²) in [7, 11) is -3.72. The molecule has 2 heterocycles. The number of imidazole rings is 1. The van der Waals surface area contributed by atoms with Crippen molar-refractivity contribution in [2.24, 2.45) is 0 Å². The van der Waals surface area contributed by atoms with Gasteiger partial charge in [0.15, 0.2) is 11.5 Å². The average molecular weight is 357 g/mol.